The van der Waals surface area contributed by atoms with E-state index in [1.807, 2.05) is 0 Å². The molecule has 0 heterocycles. The van der Waals surface area contributed by atoms with E-state index in [0.717, 1.165) is 0 Å². The average Bonchev–Trinajstić information content (AvgIpc) is 2.09. The molecule has 0 radical (unpaired) electrons. The summed E-state index contributed by atoms with van der Waals surface area (Å²) in [4.78, 5) is 0. The topological polar surface area (TPSA) is 29.5 Å². The van der Waals surface area contributed by atoms with Gasteiger partial charge in [0.1, 0.15) is 12.4 Å². The number of ether oxygens (including phenoxy) is 1. The van der Waals surface area contributed by atoms with Gasteiger partial charge in [0, 0.05) is 17.7 Å². The monoisotopic (exact) mass is 252 g/mol. The highest BCUT2D eigenvalue weighted by Gasteiger charge is 2.08. The molecule has 76 valence electrons. The fourth-order valence-electron chi connectivity index (χ4n) is 0.852. The smallest absolute Gasteiger partial charge is 0.157 e. The first-order valence-corrected chi connectivity index (χ1v) is 4.90. The molecule has 0 unspecified atom stereocenters. The third-order valence-electron chi connectivity index (χ3n) is 1.40. The molecule has 0 fully saturated rings. The van der Waals surface area contributed by atoms with Gasteiger partial charge in [-0.1, -0.05) is 34.8 Å². The van der Waals surface area contributed by atoms with E-state index < -0.39 is 0 Å². The van der Waals surface area contributed by atoms with Gasteiger partial charge >= 0.3 is 0 Å². The molecule has 0 aliphatic carbocycles. The van der Waals surface area contributed by atoms with Crippen LogP contribution in [-0.2, 0) is 0 Å². The van der Waals surface area contributed by atoms with Crippen LogP contribution in [-0.4, -0.2) is 11.7 Å². The Morgan fingerprint density at radius 3 is 2.36 bits per heavy atom. The zero-order valence-electron chi connectivity index (χ0n) is 7.01. The SMILES string of the molecule is Oc1cc(Cl)c(OC/C=C/Cl)c(Cl)c1. The van der Waals surface area contributed by atoms with Crippen molar-refractivity contribution in [2.45, 2.75) is 0 Å². The van der Waals surface area contributed by atoms with E-state index in [9.17, 15) is 0 Å². The highest BCUT2D eigenvalue weighted by Crippen LogP contribution is 2.36. The lowest BCUT2D eigenvalue weighted by Crippen LogP contribution is -1.94. The Hall–Kier alpha value is -0.570. The van der Waals surface area contributed by atoms with E-state index in [2.05, 4.69) is 0 Å². The molecule has 0 aliphatic heterocycles. The standard InChI is InChI=1S/C9H7Cl3O2/c10-2-1-3-14-9-7(11)4-6(13)5-8(9)12/h1-2,4-5,13H,3H2/b2-1+. The Balaban J connectivity index is 2.85. The van der Waals surface area contributed by atoms with E-state index in [1.165, 1.54) is 17.7 Å². The summed E-state index contributed by atoms with van der Waals surface area (Å²) in [6.07, 6.45) is 1.60. The minimum Gasteiger partial charge on any atom is -0.508 e. The highest BCUT2D eigenvalue weighted by atomic mass is 35.5. The van der Waals surface area contributed by atoms with Gasteiger partial charge < -0.3 is 9.84 Å². The summed E-state index contributed by atoms with van der Waals surface area (Å²) in [6.45, 7) is 0.272. The molecule has 14 heavy (non-hydrogen) atoms. The summed E-state index contributed by atoms with van der Waals surface area (Å²) < 4.78 is 5.22. The molecule has 2 nitrogen and oxygen atoms in total. The third-order valence-corrected chi connectivity index (χ3v) is 2.14. The van der Waals surface area contributed by atoms with E-state index in [0.29, 0.717) is 5.75 Å². The van der Waals surface area contributed by atoms with Crippen LogP contribution in [0.3, 0.4) is 0 Å². The maximum absolute atomic E-state index is 9.13. The Labute approximate surface area is 96.7 Å². The van der Waals surface area contributed by atoms with E-state index in [-0.39, 0.29) is 22.4 Å². The van der Waals surface area contributed by atoms with Gasteiger partial charge in [-0.2, -0.15) is 0 Å². The highest BCUT2D eigenvalue weighted by molar-refractivity contribution is 6.37. The molecule has 0 aromatic heterocycles. The maximum Gasteiger partial charge on any atom is 0.157 e. The molecule has 0 aliphatic rings. The molecule has 0 bridgehead atoms. The number of benzene rings is 1. The first kappa shape index (κ1) is 11.5. The molecule has 1 aromatic rings. The molecule has 1 N–H and O–H groups in total. The fraction of sp³-hybridized carbons (Fsp3) is 0.111. The summed E-state index contributed by atoms with van der Waals surface area (Å²) in [5.74, 6) is 0.334. The van der Waals surface area contributed by atoms with Crippen molar-refractivity contribution in [1.82, 2.24) is 0 Å². The van der Waals surface area contributed by atoms with E-state index in [4.69, 9.17) is 44.6 Å². The van der Waals surface area contributed by atoms with Crippen molar-refractivity contribution >= 4 is 34.8 Å². The van der Waals surface area contributed by atoms with Crippen molar-refractivity contribution in [2.24, 2.45) is 0 Å². The van der Waals surface area contributed by atoms with E-state index in [1.54, 1.807) is 6.08 Å². The molecular formula is C9H7Cl3O2. The minimum absolute atomic E-state index is 0.000218. The number of hydrogen-bond donors (Lipinski definition) is 1. The lowest BCUT2D eigenvalue weighted by molar-refractivity contribution is 0.362. The van der Waals surface area contributed by atoms with Gasteiger partial charge in [-0.15, -0.1) is 0 Å². The lowest BCUT2D eigenvalue weighted by Gasteiger charge is -2.07. The molecule has 0 spiro atoms. The van der Waals surface area contributed by atoms with Gasteiger partial charge in [0.15, 0.2) is 5.75 Å². The number of phenols is 1. The van der Waals surface area contributed by atoms with Gasteiger partial charge in [0.25, 0.3) is 0 Å². The van der Waals surface area contributed by atoms with Crippen LogP contribution in [0.2, 0.25) is 10.0 Å². The minimum atomic E-state index is 0.000218. The lowest BCUT2D eigenvalue weighted by atomic mass is 10.3. The first-order chi connectivity index (χ1) is 6.65. The summed E-state index contributed by atoms with van der Waals surface area (Å²) in [5.41, 5.74) is 1.34. The Morgan fingerprint density at radius 1 is 1.29 bits per heavy atom. The predicted molar refractivity (Wildman–Crippen MR) is 58.6 cm³/mol. The van der Waals surface area contributed by atoms with Gasteiger partial charge in [-0.25, -0.2) is 0 Å². The molecule has 0 amide bonds. The second-order valence-corrected chi connectivity index (χ2v) is 3.48. The second-order valence-electron chi connectivity index (χ2n) is 2.41. The predicted octanol–water partition coefficient (Wildman–Crippen LogP) is 3.83. The third kappa shape index (κ3) is 2.98. The molecule has 1 aromatic carbocycles. The fourth-order valence-corrected chi connectivity index (χ4v) is 1.51. The Kier molecular flexibility index (Phi) is 4.39. The van der Waals surface area contributed by atoms with Crippen LogP contribution in [0.15, 0.2) is 23.7 Å². The number of phenolic OH excluding ortho intramolecular Hbond substituents is 1. The summed E-state index contributed by atoms with van der Waals surface area (Å²) in [5, 5.41) is 9.65. The van der Waals surface area contributed by atoms with Crippen molar-refractivity contribution in [3.8, 4) is 11.5 Å². The van der Waals surface area contributed by atoms with Crippen LogP contribution in [0.5, 0.6) is 11.5 Å². The van der Waals surface area contributed by atoms with Crippen LogP contribution in [0.4, 0.5) is 0 Å². The number of rotatable bonds is 3. The van der Waals surface area contributed by atoms with Crippen molar-refractivity contribution < 1.29 is 9.84 Å². The quantitative estimate of drug-likeness (QED) is 0.887. The Bertz CT molecular complexity index is 327. The van der Waals surface area contributed by atoms with Crippen LogP contribution in [0, 0.1) is 0 Å². The maximum atomic E-state index is 9.13. The van der Waals surface area contributed by atoms with Gasteiger partial charge in [-0.3, -0.25) is 0 Å². The van der Waals surface area contributed by atoms with Crippen LogP contribution in [0.25, 0.3) is 0 Å². The first-order valence-electron chi connectivity index (χ1n) is 3.71. The molecule has 0 atom stereocenters. The molecular weight excluding hydrogens is 246 g/mol. The molecule has 1 rings (SSSR count). The van der Waals surface area contributed by atoms with Crippen molar-refractivity contribution in [2.75, 3.05) is 6.61 Å². The summed E-state index contributed by atoms with van der Waals surface area (Å²) in [6, 6.07) is 2.71. The molecule has 5 heteroatoms. The van der Waals surface area contributed by atoms with Crippen LogP contribution in [0.1, 0.15) is 0 Å². The molecule has 0 saturated carbocycles. The van der Waals surface area contributed by atoms with Crippen molar-refractivity contribution in [1.29, 1.82) is 0 Å². The van der Waals surface area contributed by atoms with Crippen molar-refractivity contribution in [3.05, 3.63) is 33.8 Å². The zero-order valence-corrected chi connectivity index (χ0v) is 9.27. The number of aromatic hydroxyl groups is 1. The second kappa shape index (κ2) is 5.35. The van der Waals surface area contributed by atoms with Crippen molar-refractivity contribution in [3.63, 3.8) is 0 Å². The van der Waals surface area contributed by atoms with Gasteiger partial charge in [0.05, 0.1) is 10.0 Å². The number of hydrogen-bond acceptors (Lipinski definition) is 2. The van der Waals surface area contributed by atoms with Crippen LogP contribution >= 0.6 is 34.8 Å². The number of halogens is 3. The largest absolute Gasteiger partial charge is 0.508 e. The Morgan fingerprint density at radius 2 is 1.86 bits per heavy atom. The van der Waals surface area contributed by atoms with Gasteiger partial charge in [-0.05, 0) is 6.08 Å². The zero-order chi connectivity index (χ0) is 10.6. The molecule has 0 saturated heterocycles. The summed E-state index contributed by atoms with van der Waals surface area (Å²) >= 11 is 16.9. The van der Waals surface area contributed by atoms with Crippen LogP contribution < -0.4 is 4.74 Å². The summed E-state index contributed by atoms with van der Waals surface area (Å²) in [7, 11) is 0. The normalized spacial score (nSPS) is 10.8. The van der Waals surface area contributed by atoms with E-state index >= 15 is 0 Å². The van der Waals surface area contributed by atoms with Gasteiger partial charge in [0.2, 0.25) is 0 Å². The average molecular weight is 254 g/mol.